The molecule has 6 nitrogen and oxygen atoms in total. The molecule has 0 bridgehead atoms. The van der Waals surface area contributed by atoms with Crippen LogP contribution in [0.15, 0.2) is 71.9 Å². The number of imidazole rings is 1. The molecule has 7 heteroatoms. The van der Waals surface area contributed by atoms with E-state index in [0.717, 1.165) is 27.5 Å². The third-order valence-electron chi connectivity index (χ3n) is 4.39. The Balaban J connectivity index is 1.39. The molecule has 4 aromatic rings. The Morgan fingerprint density at radius 1 is 1.21 bits per heavy atom. The van der Waals surface area contributed by atoms with Gasteiger partial charge < -0.3 is 20.1 Å². The zero-order valence-corrected chi connectivity index (χ0v) is 16.5. The lowest BCUT2D eigenvalue weighted by Crippen LogP contribution is -2.11. The third-order valence-corrected chi connectivity index (χ3v) is 5.34. The number of methoxy groups -OCH3 is 1. The predicted octanol–water partition coefficient (Wildman–Crippen LogP) is 4.82. The molecule has 146 valence electrons. The Kier molecular flexibility index (Phi) is 5.04. The second-order valence-corrected chi connectivity index (χ2v) is 7.32. The van der Waals surface area contributed by atoms with Crippen LogP contribution in [0.3, 0.4) is 0 Å². The minimum Gasteiger partial charge on any atom is -0.506 e. The van der Waals surface area contributed by atoms with E-state index >= 15 is 0 Å². The van der Waals surface area contributed by atoms with Gasteiger partial charge in [0.25, 0.3) is 7.34 Å². The number of amides is 1. The normalized spacial score (nSPS) is 11.1. The van der Waals surface area contributed by atoms with E-state index in [2.05, 4.69) is 20.4 Å². The molecular formula is C22H19N3O3S. The van der Waals surface area contributed by atoms with Gasteiger partial charge in [0.15, 0.2) is 5.16 Å². The number of fused-ring (bicyclic) bond motifs is 1. The zero-order valence-electron chi connectivity index (χ0n) is 16.6. The summed E-state index contributed by atoms with van der Waals surface area (Å²) in [5.74, 6) is 1.54. The number of aromatic hydroxyl groups is 1. The van der Waals surface area contributed by atoms with E-state index in [-0.39, 0.29) is 5.91 Å². The number of nitrogens with one attached hydrogen (secondary N) is 2. The van der Waals surface area contributed by atoms with E-state index in [9.17, 15) is 4.79 Å². The number of ether oxygens (including phenoxy) is 1. The summed E-state index contributed by atoms with van der Waals surface area (Å²) in [5.41, 5.74) is 3.88. The first-order valence-electron chi connectivity index (χ1n) is 9.36. The fraction of sp³-hybridized carbons (Fsp3) is 0.0909. The lowest BCUT2D eigenvalue weighted by atomic mass is 10.1. The number of phenols is 1. The first-order valence-corrected chi connectivity index (χ1v) is 9.94. The van der Waals surface area contributed by atoms with Gasteiger partial charge in [0.05, 0.1) is 23.8 Å². The lowest BCUT2D eigenvalue weighted by molar-refractivity contribution is 0.102. The monoisotopic (exact) mass is 407 g/mol. The maximum absolute atomic E-state index is 12.5. The van der Waals surface area contributed by atoms with Crippen LogP contribution in [0.25, 0.3) is 11.0 Å². The molecule has 4 rings (SSSR count). The second-order valence-electron chi connectivity index (χ2n) is 6.36. The van der Waals surface area contributed by atoms with Crippen LogP contribution in [0.2, 0.25) is 0 Å². The molecule has 0 saturated heterocycles. The Morgan fingerprint density at radius 3 is 2.83 bits per heavy atom. The van der Waals surface area contributed by atoms with Gasteiger partial charge in [-0.2, -0.15) is 0 Å². The summed E-state index contributed by atoms with van der Waals surface area (Å²) in [5, 5.41) is 8.12. The van der Waals surface area contributed by atoms with Crippen LogP contribution in [0.1, 0.15) is 15.9 Å². The molecule has 1 amide bonds. The molecular weight excluding hydrogens is 386 g/mol. The SMILES string of the molecule is [3H]Oc1ccccc1NC(=O)c1ccc(CSc2nc3ccc(OC)cc3[nH]2)cc1. The van der Waals surface area contributed by atoms with Crippen molar-refractivity contribution in [3.63, 3.8) is 0 Å². The summed E-state index contributed by atoms with van der Waals surface area (Å²) in [4.78, 5) is 20.3. The van der Waals surface area contributed by atoms with Gasteiger partial charge in [0.2, 0.25) is 0 Å². The predicted molar refractivity (Wildman–Crippen MR) is 115 cm³/mol. The van der Waals surface area contributed by atoms with Crippen LogP contribution in [0.5, 0.6) is 11.5 Å². The Bertz CT molecular complexity index is 1180. The zero-order chi connectivity index (χ0) is 20.9. The van der Waals surface area contributed by atoms with Gasteiger partial charge in [0.1, 0.15) is 11.5 Å². The van der Waals surface area contributed by atoms with Gasteiger partial charge in [-0.15, -0.1) is 0 Å². The minimum absolute atomic E-state index is 0.259. The molecule has 0 aliphatic heterocycles. The van der Waals surface area contributed by atoms with Crippen LogP contribution in [0.4, 0.5) is 5.69 Å². The number of aromatic nitrogens is 2. The summed E-state index contributed by atoms with van der Waals surface area (Å²) in [6, 6.07) is 19.9. The molecule has 0 atom stereocenters. The molecule has 0 spiro atoms. The number of para-hydroxylation sites is 2. The highest BCUT2D eigenvalue weighted by Crippen LogP contribution is 2.26. The maximum Gasteiger partial charge on any atom is 0.293 e. The minimum atomic E-state index is -0.259. The van der Waals surface area contributed by atoms with E-state index in [1.807, 2.05) is 30.3 Å². The molecule has 3 N–H and O–H groups in total. The molecule has 0 unspecified atom stereocenters. The quantitative estimate of drug-likeness (QED) is 0.302. The second kappa shape index (κ2) is 8.28. The number of nitrogens with zero attached hydrogens (tertiary/aromatic N) is 1. The summed E-state index contributed by atoms with van der Waals surface area (Å²) >= 11 is 1.59. The lowest BCUT2D eigenvalue weighted by Gasteiger charge is -2.07. The highest BCUT2D eigenvalue weighted by atomic mass is 32.2. The average Bonchev–Trinajstić information content (AvgIpc) is 3.20. The molecule has 0 radical (unpaired) electrons. The van der Waals surface area contributed by atoms with E-state index in [1.165, 1.54) is 0 Å². The van der Waals surface area contributed by atoms with Crippen molar-refractivity contribution in [2.75, 3.05) is 12.4 Å². The van der Waals surface area contributed by atoms with Crippen molar-refractivity contribution in [3.05, 3.63) is 77.9 Å². The molecule has 0 aliphatic carbocycles. The number of H-pyrrole nitrogens is 1. The first kappa shape index (κ1) is 17.6. The Hall–Kier alpha value is -3.45. The van der Waals surface area contributed by atoms with Crippen LogP contribution in [-0.2, 0) is 5.75 Å². The van der Waals surface area contributed by atoms with Crippen molar-refractivity contribution in [1.29, 1.82) is 1.43 Å². The number of hydrogen-bond acceptors (Lipinski definition) is 5. The van der Waals surface area contributed by atoms with Gasteiger partial charge in [-0.3, -0.25) is 4.79 Å². The molecule has 0 saturated carbocycles. The molecule has 0 fully saturated rings. The van der Waals surface area contributed by atoms with Crippen LogP contribution in [0, 0.1) is 0 Å². The van der Waals surface area contributed by atoms with E-state index in [4.69, 9.17) is 6.17 Å². The average molecular weight is 407 g/mol. The van der Waals surface area contributed by atoms with Gasteiger partial charge in [-0.1, -0.05) is 36.0 Å². The first-order chi connectivity index (χ1) is 14.7. The number of anilines is 1. The van der Waals surface area contributed by atoms with Crippen molar-refractivity contribution in [3.8, 4) is 11.5 Å². The van der Waals surface area contributed by atoms with Crippen molar-refractivity contribution in [1.82, 2.24) is 9.97 Å². The number of thioether (sulfide) groups is 1. The van der Waals surface area contributed by atoms with E-state index in [1.54, 1.807) is 55.3 Å². The van der Waals surface area contributed by atoms with Gasteiger partial charge in [-0.05, 0) is 42.0 Å². The fourth-order valence-corrected chi connectivity index (χ4v) is 3.67. The Morgan fingerprint density at radius 2 is 2.03 bits per heavy atom. The van der Waals surface area contributed by atoms with Gasteiger partial charge in [0, 0.05) is 17.4 Å². The van der Waals surface area contributed by atoms with Crippen molar-refractivity contribution >= 4 is 34.4 Å². The highest BCUT2D eigenvalue weighted by Gasteiger charge is 2.09. The van der Waals surface area contributed by atoms with Crippen LogP contribution < -0.4 is 10.1 Å². The highest BCUT2D eigenvalue weighted by molar-refractivity contribution is 7.98. The largest absolute Gasteiger partial charge is 0.506 e. The standard InChI is InChI=1S/C22H19N3O3S/c1-28-16-10-11-17-19(12-16)25-22(24-17)29-13-14-6-8-15(9-7-14)21(27)23-18-4-2-3-5-20(18)26/h2-12,26H,13H2,1H3,(H,23,27)(H,24,25)/i/hT. The van der Waals surface area contributed by atoms with Gasteiger partial charge >= 0.3 is 0 Å². The number of carbonyl (C=O) groups excluding carboxylic acids is 1. The van der Waals surface area contributed by atoms with Crippen LogP contribution >= 0.6 is 11.8 Å². The van der Waals surface area contributed by atoms with Crippen molar-refractivity contribution in [2.45, 2.75) is 10.9 Å². The van der Waals surface area contributed by atoms with Crippen LogP contribution in [-0.4, -0.2) is 29.5 Å². The summed E-state index contributed by atoms with van der Waals surface area (Å²) in [6.45, 7) is 0. The molecule has 3 aromatic carbocycles. The molecule has 1 aromatic heterocycles. The number of benzene rings is 3. The van der Waals surface area contributed by atoms with E-state index in [0.29, 0.717) is 22.8 Å². The summed E-state index contributed by atoms with van der Waals surface area (Å²) in [6.07, 6.45) is 0. The number of phenolic OH excluding ortho intramolecular Hbond substituents is 1. The molecule has 1 heterocycles. The molecule has 29 heavy (non-hydrogen) atoms. The number of aromatic amines is 1. The Labute approximate surface area is 173 Å². The third kappa shape index (κ3) is 4.35. The van der Waals surface area contributed by atoms with Crippen molar-refractivity contribution in [2.24, 2.45) is 0 Å². The number of rotatable bonds is 7. The van der Waals surface area contributed by atoms with E-state index < -0.39 is 0 Å². The summed E-state index contributed by atoms with van der Waals surface area (Å²) in [7, 11) is 1.64. The van der Waals surface area contributed by atoms with Gasteiger partial charge in [-0.25, -0.2) is 4.98 Å². The topological polar surface area (TPSA) is 87.2 Å². The maximum atomic E-state index is 12.5. The number of carbonyl (C=O) groups is 1. The molecule has 0 aliphatic rings. The summed E-state index contributed by atoms with van der Waals surface area (Å²) < 4.78 is 12.3. The fourth-order valence-electron chi connectivity index (χ4n) is 2.83. The van der Waals surface area contributed by atoms with Crippen molar-refractivity contribution < 1.29 is 14.6 Å². The number of hydrogen-bond donors (Lipinski definition) is 3. The smallest absolute Gasteiger partial charge is 0.293 e.